The normalized spacial score (nSPS) is 10.7. The second kappa shape index (κ2) is 6.33. The summed E-state index contributed by atoms with van der Waals surface area (Å²) in [5, 5.41) is 19.1. The topological polar surface area (TPSA) is 68.1 Å². The number of non-ortho nitro benzene ring substituents is 1. The van der Waals surface area contributed by atoms with Gasteiger partial charge in [-0.2, -0.15) is 0 Å². The maximum atomic E-state index is 10.7. The van der Waals surface area contributed by atoms with Crippen LogP contribution in [0.3, 0.4) is 0 Å². The molecule has 3 aromatic carbocycles. The molecule has 0 fully saturated rings. The van der Waals surface area contributed by atoms with E-state index in [0.29, 0.717) is 0 Å². The number of benzene rings is 3. The number of hydrogen-bond acceptors (Lipinski definition) is 5. The fourth-order valence-corrected chi connectivity index (χ4v) is 3.40. The Morgan fingerprint density at radius 3 is 2.52 bits per heavy atom. The second-order valence-electron chi connectivity index (χ2n) is 5.49. The Kier molecular flexibility index (Phi) is 3.87. The Morgan fingerprint density at radius 2 is 1.72 bits per heavy atom. The number of nitro benzene ring substituents is 1. The van der Waals surface area contributed by atoms with Gasteiger partial charge in [0, 0.05) is 34.1 Å². The van der Waals surface area contributed by atoms with Crippen LogP contribution in [0.2, 0.25) is 0 Å². The van der Waals surface area contributed by atoms with Gasteiger partial charge in [-0.3, -0.25) is 10.1 Å². The highest BCUT2D eigenvalue weighted by atomic mass is 32.1. The minimum Gasteiger partial charge on any atom is -0.331 e. The minimum atomic E-state index is -0.404. The van der Waals surface area contributed by atoms with E-state index < -0.39 is 4.92 Å². The first-order chi connectivity index (χ1) is 12.2. The van der Waals surface area contributed by atoms with E-state index in [2.05, 4.69) is 28.5 Å². The van der Waals surface area contributed by atoms with Gasteiger partial charge < -0.3 is 5.32 Å². The second-order valence-corrected chi connectivity index (χ2v) is 6.35. The molecular formula is C19H13N3O2S. The number of aromatic nitrogens is 1. The average Bonchev–Trinajstić information content (AvgIpc) is 3.11. The van der Waals surface area contributed by atoms with Crippen molar-refractivity contribution in [3.8, 4) is 11.3 Å². The lowest BCUT2D eigenvalue weighted by molar-refractivity contribution is -0.384. The third-order valence-electron chi connectivity index (χ3n) is 3.91. The highest BCUT2D eigenvalue weighted by molar-refractivity contribution is 7.14. The van der Waals surface area contributed by atoms with Crippen molar-refractivity contribution in [2.75, 3.05) is 5.32 Å². The molecule has 122 valence electrons. The molecule has 0 aliphatic carbocycles. The molecule has 0 unspecified atom stereocenters. The number of anilines is 2. The van der Waals surface area contributed by atoms with E-state index in [9.17, 15) is 10.1 Å². The zero-order valence-electron chi connectivity index (χ0n) is 13.0. The number of nitrogens with one attached hydrogen (secondary N) is 1. The van der Waals surface area contributed by atoms with Crippen LogP contribution >= 0.6 is 11.3 Å². The molecule has 0 spiro atoms. The summed E-state index contributed by atoms with van der Waals surface area (Å²) in [6.07, 6.45) is 0. The van der Waals surface area contributed by atoms with Gasteiger partial charge in [0.2, 0.25) is 0 Å². The van der Waals surface area contributed by atoms with E-state index in [1.807, 2.05) is 29.6 Å². The molecule has 1 heterocycles. The molecule has 1 aromatic heterocycles. The highest BCUT2D eigenvalue weighted by Gasteiger charge is 2.09. The summed E-state index contributed by atoms with van der Waals surface area (Å²) in [7, 11) is 0. The lowest BCUT2D eigenvalue weighted by Crippen LogP contribution is -1.91. The Hall–Kier alpha value is -3.25. The molecule has 4 rings (SSSR count). The van der Waals surface area contributed by atoms with Crippen molar-refractivity contribution < 1.29 is 4.92 Å². The van der Waals surface area contributed by atoms with Gasteiger partial charge >= 0.3 is 0 Å². The van der Waals surface area contributed by atoms with Gasteiger partial charge in [0.25, 0.3) is 5.69 Å². The van der Waals surface area contributed by atoms with Crippen LogP contribution < -0.4 is 5.32 Å². The van der Waals surface area contributed by atoms with Gasteiger partial charge in [-0.05, 0) is 23.6 Å². The zero-order valence-corrected chi connectivity index (χ0v) is 13.9. The Bertz CT molecular complexity index is 1050. The number of nitro groups is 1. The SMILES string of the molecule is O=[N+]([O-])c1ccc(-c2csc(Nc3cccc4ccccc34)n2)cc1. The van der Waals surface area contributed by atoms with Gasteiger partial charge in [0.1, 0.15) is 0 Å². The van der Waals surface area contributed by atoms with Crippen molar-refractivity contribution in [2.45, 2.75) is 0 Å². The Morgan fingerprint density at radius 1 is 0.960 bits per heavy atom. The lowest BCUT2D eigenvalue weighted by atomic mass is 10.1. The van der Waals surface area contributed by atoms with Crippen LogP contribution in [0.15, 0.2) is 72.1 Å². The van der Waals surface area contributed by atoms with Crippen LogP contribution in [0.5, 0.6) is 0 Å². The monoisotopic (exact) mass is 347 g/mol. The largest absolute Gasteiger partial charge is 0.331 e. The molecule has 0 atom stereocenters. The van der Waals surface area contributed by atoms with Crippen molar-refractivity contribution in [3.05, 3.63) is 82.2 Å². The molecule has 0 bridgehead atoms. The van der Waals surface area contributed by atoms with Crippen molar-refractivity contribution >= 4 is 38.6 Å². The molecule has 0 saturated carbocycles. The van der Waals surface area contributed by atoms with Gasteiger partial charge in [-0.1, -0.05) is 36.4 Å². The van der Waals surface area contributed by atoms with Crippen LogP contribution in [-0.2, 0) is 0 Å². The maximum Gasteiger partial charge on any atom is 0.269 e. The maximum absolute atomic E-state index is 10.7. The summed E-state index contributed by atoms with van der Waals surface area (Å²) < 4.78 is 0. The number of nitrogens with zero attached hydrogens (tertiary/aromatic N) is 2. The first-order valence-electron chi connectivity index (χ1n) is 7.66. The molecule has 25 heavy (non-hydrogen) atoms. The van der Waals surface area contributed by atoms with Crippen LogP contribution in [-0.4, -0.2) is 9.91 Å². The van der Waals surface area contributed by atoms with Crippen LogP contribution in [0.1, 0.15) is 0 Å². The predicted octanol–water partition coefficient (Wildman–Crippen LogP) is 5.62. The molecular weight excluding hydrogens is 334 g/mol. The average molecular weight is 347 g/mol. The number of rotatable bonds is 4. The fraction of sp³-hybridized carbons (Fsp3) is 0. The summed E-state index contributed by atoms with van der Waals surface area (Å²) in [5.74, 6) is 0. The van der Waals surface area contributed by atoms with Crippen LogP contribution in [0.4, 0.5) is 16.5 Å². The van der Waals surface area contributed by atoms with Gasteiger partial charge in [0.15, 0.2) is 5.13 Å². The molecule has 6 heteroatoms. The molecule has 0 aliphatic heterocycles. The van der Waals surface area contributed by atoms with E-state index in [1.54, 1.807) is 12.1 Å². The third kappa shape index (κ3) is 3.07. The number of thiazole rings is 1. The van der Waals surface area contributed by atoms with E-state index >= 15 is 0 Å². The van der Waals surface area contributed by atoms with Gasteiger partial charge in [-0.25, -0.2) is 4.98 Å². The first kappa shape index (κ1) is 15.3. The molecule has 4 aromatic rings. The highest BCUT2D eigenvalue weighted by Crippen LogP contribution is 2.31. The third-order valence-corrected chi connectivity index (χ3v) is 4.67. The quantitative estimate of drug-likeness (QED) is 0.384. The predicted molar refractivity (Wildman–Crippen MR) is 101 cm³/mol. The zero-order chi connectivity index (χ0) is 17.2. The molecule has 0 radical (unpaired) electrons. The van der Waals surface area contributed by atoms with Crippen molar-refractivity contribution in [3.63, 3.8) is 0 Å². The van der Waals surface area contributed by atoms with Crippen molar-refractivity contribution in [2.24, 2.45) is 0 Å². The fourth-order valence-electron chi connectivity index (χ4n) is 2.67. The van der Waals surface area contributed by atoms with Crippen molar-refractivity contribution in [1.82, 2.24) is 4.98 Å². The minimum absolute atomic E-state index is 0.0769. The number of fused-ring (bicyclic) bond motifs is 1. The Labute approximate surface area is 147 Å². The smallest absolute Gasteiger partial charge is 0.269 e. The summed E-state index contributed by atoms with van der Waals surface area (Å²) in [6, 6.07) is 20.7. The summed E-state index contributed by atoms with van der Waals surface area (Å²) >= 11 is 1.50. The molecule has 5 nitrogen and oxygen atoms in total. The summed E-state index contributed by atoms with van der Waals surface area (Å²) in [6.45, 7) is 0. The first-order valence-corrected chi connectivity index (χ1v) is 8.54. The summed E-state index contributed by atoms with van der Waals surface area (Å²) in [5.41, 5.74) is 2.73. The van der Waals surface area contributed by atoms with E-state index in [1.165, 1.54) is 28.9 Å². The van der Waals surface area contributed by atoms with Crippen LogP contribution in [0.25, 0.3) is 22.0 Å². The van der Waals surface area contributed by atoms with E-state index in [4.69, 9.17) is 0 Å². The molecule has 1 N–H and O–H groups in total. The van der Waals surface area contributed by atoms with Gasteiger partial charge in [0.05, 0.1) is 10.6 Å². The van der Waals surface area contributed by atoms with E-state index in [-0.39, 0.29) is 5.69 Å². The lowest BCUT2D eigenvalue weighted by Gasteiger charge is -2.06. The summed E-state index contributed by atoms with van der Waals surface area (Å²) in [4.78, 5) is 14.9. The molecule has 0 saturated heterocycles. The van der Waals surface area contributed by atoms with E-state index in [0.717, 1.165) is 27.5 Å². The molecule has 0 aliphatic rings. The van der Waals surface area contributed by atoms with Crippen LogP contribution in [0, 0.1) is 10.1 Å². The standard InChI is InChI=1S/C19H13N3O2S/c23-22(24)15-10-8-14(9-11-15)18-12-25-19(21-18)20-17-7-3-5-13-4-1-2-6-16(13)17/h1-12H,(H,20,21). The van der Waals surface area contributed by atoms with Gasteiger partial charge in [-0.15, -0.1) is 11.3 Å². The number of hydrogen-bond donors (Lipinski definition) is 1. The Balaban J connectivity index is 1.62. The van der Waals surface area contributed by atoms with Crippen molar-refractivity contribution in [1.29, 1.82) is 0 Å². The molecule has 0 amide bonds.